The normalized spacial score (nSPS) is 15.6. The van der Waals surface area contributed by atoms with Gasteiger partial charge in [0.1, 0.15) is 11.8 Å². The van der Waals surface area contributed by atoms with Crippen LogP contribution in [0.3, 0.4) is 0 Å². The molecule has 0 bridgehead atoms. The van der Waals surface area contributed by atoms with Gasteiger partial charge >= 0.3 is 0 Å². The van der Waals surface area contributed by atoms with E-state index in [-0.39, 0.29) is 12.0 Å². The Balaban J connectivity index is 1.87. The lowest BCUT2D eigenvalue weighted by Gasteiger charge is -2.31. The second kappa shape index (κ2) is 8.58. The monoisotopic (exact) mass is 437 g/mol. The number of nitrogen functional groups attached to an aromatic ring is 1. The van der Waals surface area contributed by atoms with Crippen molar-refractivity contribution in [3.8, 4) is 11.8 Å². The molecule has 2 heterocycles. The number of rotatable bonds is 4. The van der Waals surface area contributed by atoms with E-state index in [1.807, 2.05) is 31.2 Å². The molecule has 3 aromatic rings. The van der Waals surface area contributed by atoms with Crippen LogP contribution in [-0.2, 0) is 0 Å². The summed E-state index contributed by atoms with van der Waals surface area (Å²) in [6.45, 7) is 3.39. The number of fused-ring (bicyclic) bond motifs is 1. The third kappa shape index (κ3) is 3.85. The lowest BCUT2D eigenvalue weighted by atomic mass is 9.92. The molecule has 1 unspecified atom stereocenters. The number of benzene rings is 2. The van der Waals surface area contributed by atoms with Gasteiger partial charge in [-0.2, -0.15) is 10.4 Å². The van der Waals surface area contributed by atoms with E-state index in [4.69, 9.17) is 22.1 Å². The number of nitriles is 1. The largest absolute Gasteiger partial charge is 0.495 e. The molecule has 1 aliphatic rings. The van der Waals surface area contributed by atoms with Gasteiger partial charge in [0, 0.05) is 29.8 Å². The van der Waals surface area contributed by atoms with Crippen molar-refractivity contribution in [2.75, 3.05) is 30.8 Å². The Morgan fingerprint density at radius 2 is 2.00 bits per heavy atom. The highest BCUT2D eigenvalue weighted by atomic mass is 35.5. The van der Waals surface area contributed by atoms with Crippen molar-refractivity contribution in [3.63, 3.8) is 0 Å². The molecular formula is C23H24ClN5O2. The average molecular weight is 438 g/mol. The third-order valence-corrected chi connectivity index (χ3v) is 6.26. The molecule has 4 rings (SSSR count). The van der Waals surface area contributed by atoms with Gasteiger partial charge < -0.3 is 20.5 Å². The van der Waals surface area contributed by atoms with Crippen LogP contribution < -0.4 is 15.4 Å². The number of aliphatic hydroxyl groups is 1. The Morgan fingerprint density at radius 1 is 1.26 bits per heavy atom. The van der Waals surface area contributed by atoms with Gasteiger partial charge in [0.05, 0.1) is 35.2 Å². The number of piperidine rings is 1. The summed E-state index contributed by atoms with van der Waals surface area (Å²) in [7, 11) is 1.58. The minimum atomic E-state index is -0.287. The number of anilines is 2. The number of halogens is 1. The third-order valence-electron chi connectivity index (χ3n) is 5.97. The standard InChI is InChI=1S/C23H24ClN5O2/c1-13(14-4-6-19(31-2)18(24)11-14)22-20-17(5-3-15(12-25)21(20)26)23(28-27-22)29-9-7-16(30)8-10-29/h3-6,11,13,16,30H,7-10,26H2,1-2H3. The highest BCUT2D eigenvalue weighted by Crippen LogP contribution is 2.39. The highest BCUT2D eigenvalue weighted by Gasteiger charge is 2.25. The van der Waals surface area contributed by atoms with Crippen LogP contribution in [0.4, 0.5) is 11.5 Å². The second-order valence-corrected chi connectivity index (χ2v) is 8.21. The van der Waals surface area contributed by atoms with Crippen LogP contribution in [-0.4, -0.2) is 41.6 Å². The van der Waals surface area contributed by atoms with Crippen molar-refractivity contribution < 1.29 is 9.84 Å². The molecule has 1 atom stereocenters. The van der Waals surface area contributed by atoms with Crippen LogP contribution in [0.15, 0.2) is 30.3 Å². The molecule has 0 aliphatic carbocycles. The number of ether oxygens (including phenoxy) is 1. The van der Waals surface area contributed by atoms with E-state index in [1.54, 1.807) is 13.2 Å². The summed E-state index contributed by atoms with van der Waals surface area (Å²) < 4.78 is 5.26. The molecule has 8 heteroatoms. The molecule has 1 fully saturated rings. The van der Waals surface area contributed by atoms with Crippen LogP contribution in [0.1, 0.15) is 42.5 Å². The summed E-state index contributed by atoms with van der Waals surface area (Å²) in [5, 5.41) is 30.6. The molecule has 1 aromatic heterocycles. The highest BCUT2D eigenvalue weighted by molar-refractivity contribution is 6.32. The van der Waals surface area contributed by atoms with Crippen molar-refractivity contribution in [2.24, 2.45) is 0 Å². The van der Waals surface area contributed by atoms with Crippen molar-refractivity contribution in [1.29, 1.82) is 5.26 Å². The van der Waals surface area contributed by atoms with Crippen LogP contribution in [0.5, 0.6) is 5.75 Å². The van der Waals surface area contributed by atoms with E-state index >= 15 is 0 Å². The van der Waals surface area contributed by atoms with Crippen molar-refractivity contribution in [3.05, 3.63) is 52.2 Å². The van der Waals surface area contributed by atoms with Gasteiger partial charge in [0.15, 0.2) is 5.82 Å². The van der Waals surface area contributed by atoms with E-state index in [0.29, 0.717) is 53.6 Å². The molecular weight excluding hydrogens is 414 g/mol. The topological polar surface area (TPSA) is 108 Å². The number of aliphatic hydroxyl groups excluding tert-OH is 1. The second-order valence-electron chi connectivity index (χ2n) is 7.80. The van der Waals surface area contributed by atoms with Gasteiger partial charge in [-0.25, -0.2) is 0 Å². The maximum atomic E-state index is 9.86. The molecule has 0 amide bonds. The summed E-state index contributed by atoms with van der Waals surface area (Å²) in [6.07, 6.45) is 1.07. The maximum Gasteiger partial charge on any atom is 0.159 e. The Morgan fingerprint density at radius 3 is 2.65 bits per heavy atom. The Bertz CT molecular complexity index is 1170. The molecule has 1 aliphatic heterocycles. The SMILES string of the molecule is COc1ccc(C(C)c2nnc(N3CCC(O)CC3)c3ccc(C#N)c(N)c23)cc1Cl. The fraction of sp³-hybridized carbons (Fsp3) is 0.348. The smallest absolute Gasteiger partial charge is 0.159 e. The molecule has 0 saturated carbocycles. The van der Waals surface area contributed by atoms with E-state index in [2.05, 4.69) is 21.2 Å². The van der Waals surface area contributed by atoms with E-state index in [9.17, 15) is 10.4 Å². The lowest BCUT2D eigenvalue weighted by Crippen LogP contribution is -2.36. The van der Waals surface area contributed by atoms with E-state index in [0.717, 1.165) is 22.2 Å². The fourth-order valence-electron chi connectivity index (χ4n) is 4.11. The minimum absolute atomic E-state index is 0.160. The number of nitrogens with two attached hydrogens (primary N) is 1. The van der Waals surface area contributed by atoms with Crippen LogP contribution in [0.25, 0.3) is 10.8 Å². The summed E-state index contributed by atoms with van der Waals surface area (Å²) in [6, 6.07) is 11.4. The van der Waals surface area contributed by atoms with Crippen LogP contribution >= 0.6 is 11.6 Å². The number of methoxy groups -OCH3 is 1. The van der Waals surface area contributed by atoms with E-state index in [1.165, 1.54) is 0 Å². The molecule has 0 spiro atoms. The quantitative estimate of drug-likeness (QED) is 0.596. The predicted molar refractivity (Wildman–Crippen MR) is 122 cm³/mol. The van der Waals surface area contributed by atoms with E-state index < -0.39 is 0 Å². The van der Waals surface area contributed by atoms with Crippen LogP contribution in [0, 0.1) is 11.3 Å². The Hall–Kier alpha value is -3.08. The first-order valence-electron chi connectivity index (χ1n) is 10.2. The molecule has 3 N–H and O–H groups in total. The zero-order chi connectivity index (χ0) is 22.1. The molecule has 1 saturated heterocycles. The predicted octanol–water partition coefficient (Wildman–Crippen LogP) is 3.86. The number of hydrogen-bond acceptors (Lipinski definition) is 7. The van der Waals surface area contributed by atoms with Gasteiger partial charge in [0.2, 0.25) is 0 Å². The van der Waals surface area contributed by atoms with Crippen LogP contribution in [0.2, 0.25) is 5.02 Å². The molecule has 7 nitrogen and oxygen atoms in total. The number of nitrogens with zero attached hydrogens (tertiary/aromatic N) is 4. The summed E-state index contributed by atoms with van der Waals surface area (Å²) in [4.78, 5) is 2.12. The molecule has 31 heavy (non-hydrogen) atoms. The first-order chi connectivity index (χ1) is 14.9. The zero-order valence-corrected chi connectivity index (χ0v) is 18.2. The first-order valence-corrected chi connectivity index (χ1v) is 10.6. The average Bonchev–Trinajstić information content (AvgIpc) is 2.79. The van der Waals surface area contributed by atoms with Gasteiger partial charge in [-0.3, -0.25) is 0 Å². The molecule has 0 radical (unpaired) electrons. The van der Waals surface area contributed by atoms with Gasteiger partial charge in [0.25, 0.3) is 0 Å². The van der Waals surface area contributed by atoms with Gasteiger partial charge in [-0.15, -0.1) is 5.10 Å². The van der Waals surface area contributed by atoms with Crippen molar-refractivity contribution in [1.82, 2.24) is 10.2 Å². The van der Waals surface area contributed by atoms with Gasteiger partial charge in [-0.1, -0.05) is 24.6 Å². The number of aromatic nitrogens is 2. The zero-order valence-electron chi connectivity index (χ0n) is 17.5. The first kappa shape index (κ1) is 21.2. The Labute approximate surface area is 186 Å². The molecule has 160 valence electrons. The lowest BCUT2D eigenvalue weighted by molar-refractivity contribution is 0.145. The van der Waals surface area contributed by atoms with Crippen molar-refractivity contribution >= 4 is 33.9 Å². The molecule has 2 aromatic carbocycles. The summed E-state index contributed by atoms with van der Waals surface area (Å²) in [5.74, 6) is 1.16. The Kier molecular flexibility index (Phi) is 5.86. The van der Waals surface area contributed by atoms with Crippen molar-refractivity contribution in [2.45, 2.75) is 31.8 Å². The summed E-state index contributed by atoms with van der Waals surface area (Å²) in [5.41, 5.74) is 8.88. The fourth-order valence-corrected chi connectivity index (χ4v) is 4.37. The maximum absolute atomic E-state index is 9.86. The van der Waals surface area contributed by atoms with Gasteiger partial charge in [-0.05, 0) is 42.7 Å². The number of hydrogen-bond donors (Lipinski definition) is 2. The minimum Gasteiger partial charge on any atom is -0.495 e. The summed E-state index contributed by atoms with van der Waals surface area (Å²) >= 11 is 6.34.